The second-order valence-corrected chi connectivity index (χ2v) is 7.36. The molecule has 106 valence electrons. The minimum absolute atomic E-state index is 0.279. The van der Waals surface area contributed by atoms with E-state index in [0.29, 0.717) is 5.54 Å². The van der Waals surface area contributed by atoms with E-state index in [-0.39, 0.29) is 5.54 Å². The lowest BCUT2D eigenvalue weighted by atomic mass is 9.85. The molecule has 1 unspecified atom stereocenters. The molecule has 2 fully saturated rings. The van der Waals surface area contributed by atoms with E-state index < -0.39 is 0 Å². The van der Waals surface area contributed by atoms with E-state index in [1.165, 1.54) is 51.5 Å². The zero-order chi connectivity index (χ0) is 13.2. The summed E-state index contributed by atoms with van der Waals surface area (Å²) in [5.74, 6) is 0. The lowest BCUT2D eigenvalue weighted by Crippen LogP contribution is -2.69. The van der Waals surface area contributed by atoms with Crippen molar-refractivity contribution in [2.45, 2.75) is 89.8 Å². The molecule has 1 aliphatic heterocycles. The van der Waals surface area contributed by atoms with Crippen molar-refractivity contribution >= 4 is 0 Å². The number of hydrogen-bond donors (Lipinski definition) is 1. The Labute approximate surface area is 114 Å². The van der Waals surface area contributed by atoms with Crippen LogP contribution in [0.3, 0.4) is 0 Å². The predicted octanol–water partition coefficient (Wildman–Crippen LogP) is 3.56. The van der Waals surface area contributed by atoms with Crippen molar-refractivity contribution in [1.29, 1.82) is 0 Å². The normalized spacial score (nSPS) is 35.3. The van der Waals surface area contributed by atoms with Crippen molar-refractivity contribution < 1.29 is 0 Å². The van der Waals surface area contributed by atoms with Gasteiger partial charge in [-0.15, -0.1) is 0 Å². The molecule has 0 radical (unpaired) electrons. The Kier molecular flexibility index (Phi) is 4.38. The van der Waals surface area contributed by atoms with Crippen molar-refractivity contribution in [3.05, 3.63) is 0 Å². The molecule has 1 aliphatic carbocycles. The van der Waals surface area contributed by atoms with Gasteiger partial charge in [0.25, 0.3) is 0 Å². The molecule has 0 aromatic rings. The molecule has 2 aliphatic rings. The Morgan fingerprint density at radius 2 is 1.67 bits per heavy atom. The van der Waals surface area contributed by atoms with Gasteiger partial charge in [-0.2, -0.15) is 0 Å². The Bertz CT molecular complexity index is 266. The quantitative estimate of drug-likeness (QED) is 0.756. The summed E-state index contributed by atoms with van der Waals surface area (Å²) in [6.07, 6.45) is 9.89. The van der Waals surface area contributed by atoms with E-state index in [2.05, 4.69) is 37.9 Å². The van der Waals surface area contributed by atoms with Crippen molar-refractivity contribution in [2.24, 2.45) is 0 Å². The molecule has 2 nitrogen and oxygen atoms in total. The summed E-state index contributed by atoms with van der Waals surface area (Å²) in [7, 11) is 0. The van der Waals surface area contributed by atoms with Gasteiger partial charge in [-0.25, -0.2) is 0 Å². The molecule has 0 aromatic heterocycles. The lowest BCUT2D eigenvalue weighted by Gasteiger charge is -2.54. The van der Waals surface area contributed by atoms with Gasteiger partial charge in [0.15, 0.2) is 0 Å². The SMILES string of the molecule is CCC1(C)CNC(C)(C)CN1C1CCCCCC1. The zero-order valence-electron chi connectivity index (χ0n) is 12.9. The minimum Gasteiger partial charge on any atom is -0.309 e. The van der Waals surface area contributed by atoms with Crippen LogP contribution in [0.2, 0.25) is 0 Å². The van der Waals surface area contributed by atoms with Crippen LogP contribution in [0.4, 0.5) is 0 Å². The van der Waals surface area contributed by atoms with Crippen molar-refractivity contribution in [2.75, 3.05) is 13.1 Å². The first-order valence-electron chi connectivity index (χ1n) is 7.99. The molecule has 1 saturated carbocycles. The molecular weight excluding hydrogens is 220 g/mol. The van der Waals surface area contributed by atoms with Gasteiger partial charge in [0, 0.05) is 30.2 Å². The van der Waals surface area contributed by atoms with E-state index in [1.807, 2.05) is 0 Å². The third-order valence-corrected chi connectivity index (χ3v) is 5.23. The second kappa shape index (κ2) is 5.50. The molecule has 1 atom stereocenters. The van der Waals surface area contributed by atoms with Gasteiger partial charge in [-0.3, -0.25) is 4.90 Å². The maximum absolute atomic E-state index is 3.74. The summed E-state index contributed by atoms with van der Waals surface area (Å²) in [5.41, 5.74) is 0.644. The van der Waals surface area contributed by atoms with Crippen LogP contribution in [0, 0.1) is 0 Å². The van der Waals surface area contributed by atoms with Crippen LogP contribution in [0.25, 0.3) is 0 Å². The van der Waals surface area contributed by atoms with Gasteiger partial charge in [0.05, 0.1) is 0 Å². The van der Waals surface area contributed by atoms with Gasteiger partial charge in [0.1, 0.15) is 0 Å². The van der Waals surface area contributed by atoms with Gasteiger partial charge in [0.2, 0.25) is 0 Å². The van der Waals surface area contributed by atoms with Crippen molar-refractivity contribution in [3.63, 3.8) is 0 Å². The zero-order valence-corrected chi connectivity index (χ0v) is 12.9. The summed E-state index contributed by atoms with van der Waals surface area (Å²) >= 11 is 0. The Morgan fingerprint density at radius 1 is 1.06 bits per heavy atom. The lowest BCUT2D eigenvalue weighted by molar-refractivity contribution is -0.0153. The van der Waals surface area contributed by atoms with Crippen molar-refractivity contribution in [3.8, 4) is 0 Å². The van der Waals surface area contributed by atoms with Crippen LogP contribution >= 0.6 is 0 Å². The fourth-order valence-electron chi connectivity index (χ4n) is 3.67. The first kappa shape index (κ1) is 14.3. The third-order valence-electron chi connectivity index (χ3n) is 5.23. The average Bonchev–Trinajstić information content (AvgIpc) is 2.61. The first-order valence-corrected chi connectivity index (χ1v) is 7.99. The van der Waals surface area contributed by atoms with Crippen LogP contribution < -0.4 is 5.32 Å². The molecule has 1 heterocycles. The summed E-state index contributed by atoms with van der Waals surface area (Å²) in [6.45, 7) is 11.9. The molecule has 18 heavy (non-hydrogen) atoms. The van der Waals surface area contributed by atoms with Crippen LogP contribution in [0.15, 0.2) is 0 Å². The Morgan fingerprint density at radius 3 is 2.22 bits per heavy atom. The maximum atomic E-state index is 3.74. The number of nitrogens with zero attached hydrogens (tertiary/aromatic N) is 1. The summed E-state index contributed by atoms with van der Waals surface area (Å²) < 4.78 is 0. The molecular formula is C16H32N2. The number of rotatable bonds is 2. The average molecular weight is 252 g/mol. The van der Waals surface area contributed by atoms with Crippen LogP contribution in [-0.2, 0) is 0 Å². The fourth-order valence-corrected chi connectivity index (χ4v) is 3.67. The summed E-state index contributed by atoms with van der Waals surface area (Å²) in [6, 6.07) is 0.832. The molecule has 1 saturated heterocycles. The molecule has 0 spiro atoms. The topological polar surface area (TPSA) is 15.3 Å². The highest BCUT2D eigenvalue weighted by atomic mass is 15.3. The molecule has 2 heteroatoms. The van der Waals surface area contributed by atoms with E-state index >= 15 is 0 Å². The van der Waals surface area contributed by atoms with E-state index in [1.54, 1.807) is 0 Å². The van der Waals surface area contributed by atoms with E-state index in [4.69, 9.17) is 0 Å². The molecule has 0 amide bonds. The first-order chi connectivity index (χ1) is 8.47. The van der Waals surface area contributed by atoms with Gasteiger partial charge in [-0.1, -0.05) is 32.6 Å². The van der Waals surface area contributed by atoms with Crippen molar-refractivity contribution in [1.82, 2.24) is 10.2 Å². The molecule has 0 bridgehead atoms. The highest BCUT2D eigenvalue weighted by molar-refractivity contribution is 5.01. The summed E-state index contributed by atoms with van der Waals surface area (Å²) in [4.78, 5) is 2.86. The maximum Gasteiger partial charge on any atom is 0.0307 e. The summed E-state index contributed by atoms with van der Waals surface area (Å²) in [5, 5.41) is 3.74. The smallest absolute Gasteiger partial charge is 0.0307 e. The predicted molar refractivity (Wildman–Crippen MR) is 79.0 cm³/mol. The fraction of sp³-hybridized carbons (Fsp3) is 1.00. The Hall–Kier alpha value is -0.0800. The largest absolute Gasteiger partial charge is 0.309 e. The van der Waals surface area contributed by atoms with Gasteiger partial charge < -0.3 is 5.32 Å². The van der Waals surface area contributed by atoms with E-state index in [9.17, 15) is 0 Å². The standard InChI is InChI=1S/C16H32N2/c1-5-16(4)12-17-15(2,3)13-18(16)14-10-8-6-7-9-11-14/h14,17H,5-13H2,1-4H3. The van der Waals surface area contributed by atoms with Crippen LogP contribution in [0.5, 0.6) is 0 Å². The number of piperazine rings is 1. The number of nitrogens with one attached hydrogen (secondary N) is 1. The minimum atomic E-state index is 0.279. The van der Waals surface area contributed by atoms with E-state index in [0.717, 1.165) is 12.6 Å². The van der Waals surface area contributed by atoms with Crippen LogP contribution in [0.1, 0.15) is 72.6 Å². The van der Waals surface area contributed by atoms with Crippen LogP contribution in [-0.4, -0.2) is 35.1 Å². The van der Waals surface area contributed by atoms with Gasteiger partial charge >= 0.3 is 0 Å². The molecule has 0 aromatic carbocycles. The molecule has 2 rings (SSSR count). The number of hydrogen-bond acceptors (Lipinski definition) is 2. The molecule has 1 N–H and O–H groups in total. The third kappa shape index (κ3) is 3.08. The highest BCUT2D eigenvalue weighted by Gasteiger charge is 2.42. The van der Waals surface area contributed by atoms with Gasteiger partial charge in [-0.05, 0) is 40.0 Å². The Balaban J connectivity index is 2.13. The second-order valence-electron chi connectivity index (χ2n) is 7.36. The monoisotopic (exact) mass is 252 g/mol. The highest BCUT2D eigenvalue weighted by Crippen LogP contribution is 2.33.